The van der Waals surface area contributed by atoms with Crippen molar-refractivity contribution in [1.82, 2.24) is 29.9 Å². The van der Waals surface area contributed by atoms with Gasteiger partial charge in [0, 0.05) is 49.4 Å². The molecule has 0 unspecified atom stereocenters. The lowest BCUT2D eigenvalue weighted by molar-refractivity contribution is 0.0777. The molecule has 0 saturated carbocycles. The number of carbonyl (C=O) groups excluding carboxylic acids is 1. The van der Waals surface area contributed by atoms with E-state index in [2.05, 4.69) is 25.1 Å². The molecule has 2 aliphatic heterocycles. The number of fused-ring (bicyclic) bond motifs is 1. The van der Waals surface area contributed by atoms with Crippen molar-refractivity contribution in [3.8, 4) is 5.69 Å². The molecule has 31 heavy (non-hydrogen) atoms. The summed E-state index contributed by atoms with van der Waals surface area (Å²) < 4.78 is 14.8. The second kappa shape index (κ2) is 7.40. The van der Waals surface area contributed by atoms with E-state index < -0.39 is 5.82 Å². The van der Waals surface area contributed by atoms with Gasteiger partial charge >= 0.3 is 0 Å². The van der Waals surface area contributed by atoms with Gasteiger partial charge in [-0.15, -0.1) is 0 Å². The van der Waals surface area contributed by atoms with E-state index in [0.717, 1.165) is 30.4 Å². The third kappa shape index (κ3) is 3.54. The lowest BCUT2D eigenvalue weighted by Gasteiger charge is -2.23. The normalized spacial score (nSPS) is 20.4. The van der Waals surface area contributed by atoms with Crippen molar-refractivity contribution >= 4 is 11.9 Å². The Morgan fingerprint density at radius 3 is 2.29 bits per heavy atom. The van der Waals surface area contributed by atoms with Gasteiger partial charge in [-0.25, -0.2) is 14.4 Å². The van der Waals surface area contributed by atoms with E-state index in [0.29, 0.717) is 36.3 Å². The van der Waals surface area contributed by atoms with E-state index in [1.54, 1.807) is 30.2 Å². The summed E-state index contributed by atoms with van der Waals surface area (Å²) in [4.78, 5) is 27.7. The summed E-state index contributed by atoms with van der Waals surface area (Å²) in [6.45, 7) is 8.50. The molecule has 2 aromatic heterocycles. The van der Waals surface area contributed by atoms with E-state index in [1.165, 1.54) is 10.9 Å². The number of amides is 1. The van der Waals surface area contributed by atoms with Gasteiger partial charge in [0.2, 0.25) is 5.95 Å². The number of halogens is 1. The number of hydrogen-bond donors (Lipinski definition) is 0. The summed E-state index contributed by atoms with van der Waals surface area (Å²) in [6.07, 6.45) is 1.59. The molecule has 0 spiro atoms. The van der Waals surface area contributed by atoms with E-state index in [-0.39, 0.29) is 11.5 Å². The molecular weight excluding hydrogens is 397 g/mol. The van der Waals surface area contributed by atoms with Crippen molar-refractivity contribution in [3.63, 3.8) is 0 Å². The maximum atomic E-state index is 14.8. The van der Waals surface area contributed by atoms with Crippen LogP contribution in [0, 0.1) is 38.4 Å². The van der Waals surface area contributed by atoms with Crippen molar-refractivity contribution in [1.29, 1.82) is 0 Å². The molecule has 9 heteroatoms. The van der Waals surface area contributed by atoms with Gasteiger partial charge in [-0.2, -0.15) is 15.0 Å². The van der Waals surface area contributed by atoms with Crippen molar-refractivity contribution in [2.75, 3.05) is 31.1 Å². The summed E-state index contributed by atoms with van der Waals surface area (Å²) in [7, 11) is 0. The van der Waals surface area contributed by atoms with Crippen LogP contribution in [0.3, 0.4) is 0 Å². The molecule has 2 saturated heterocycles. The summed E-state index contributed by atoms with van der Waals surface area (Å²) >= 11 is 0. The average molecular weight is 421 g/mol. The van der Waals surface area contributed by atoms with Crippen LogP contribution in [0.25, 0.3) is 5.69 Å². The molecule has 2 aliphatic rings. The highest BCUT2D eigenvalue weighted by Gasteiger charge is 2.43. The second-order valence-electron chi connectivity index (χ2n) is 8.50. The second-order valence-corrected chi connectivity index (χ2v) is 8.50. The van der Waals surface area contributed by atoms with Gasteiger partial charge in [-0.3, -0.25) is 4.79 Å². The summed E-state index contributed by atoms with van der Waals surface area (Å²) in [5.74, 6) is 0.509. The zero-order chi connectivity index (χ0) is 21.7. The SMILES string of the molecule is Cc1cc(C)nc(N2C[C@H]3CN(C(=O)c4c(F)cccc4-n4ncc(C)n4)C[C@H]3C2)n1. The van der Waals surface area contributed by atoms with Gasteiger partial charge in [-0.05, 0) is 39.0 Å². The molecule has 3 aromatic rings. The molecule has 0 bridgehead atoms. The zero-order valence-electron chi connectivity index (χ0n) is 17.8. The standard InChI is InChI=1S/C22H24FN7O/c1-13-7-14(2)26-22(25-13)29-11-16-9-28(10-17(16)12-29)21(31)20-18(23)5-4-6-19(20)30-24-8-15(3)27-30/h4-8,16-17H,9-12H2,1-3H3/t16-,17+. The monoisotopic (exact) mass is 421 g/mol. The van der Waals surface area contributed by atoms with Gasteiger partial charge in [0.25, 0.3) is 5.91 Å². The maximum Gasteiger partial charge on any atom is 0.259 e. The quantitative estimate of drug-likeness (QED) is 0.646. The number of benzene rings is 1. The van der Waals surface area contributed by atoms with Gasteiger partial charge in [0.1, 0.15) is 17.1 Å². The Morgan fingerprint density at radius 1 is 1.00 bits per heavy atom. The molecule has 2 atom stereocenters. The lowest BCUT2D eigenvalue weighted by Crippen LogP contribution is -2.35. The number of aryl methyl sites for hydroxylation is 3. The van der Waals surface area contributed by atoms with Crippen LogP contribution in [0.5, 0.6) is 0 Å². The van der Waals surface area contributed by atoms with E-state index in [9.17, 15) is 9.18 Å². The first-order valence-electron chi connectivity index (χ1n) is 10.4. The largest absolute Gasteiger partial charge is 0.340 e. The fourth-order valence-corrected chi connectivity index (χ4v) is 4.68. The molecule has 160 valence electrons. The first-order valence-corrected chi connectivity index (χ1v) is 10.4. The third-order valence-electron chi connectivity index (χ3n) is 6.05. The minimum atomic E-state index is -0.556. The van der Waals surface area contributed by atoms with Crippen molar-refractivity contribution in [2.45, 2.75) is 20.8 Å². The Bertz CT molecular complexity index is 1130. The Hall–Kier alpha value is -3.36. The van der Waals surface area contributed by atoms with Crippen molar-refractivity contribution in [2.24, 2.45) is 11.8 Å². The minimum absolute atomic E-state index is 0.0209. The molecule has 0 aliphatic carbocycles. The molecule has 0 N–H and O–H groups in total. The number of anilines is 1. The number of rotatable bonds is 3. The Morgan fingerprint density at radius 2 is 1.68 bits per heavy atom. The average Bonchev–Trinajstić information content (AvgIpc) is 3.41. The van der Waals surface area contributed by atoms with Gasteiger partial charge in [-0.1, -0.05) is 6.07 Å². The van der Waals surface area contributed by atoms with E-state index in [4.69, 9.17) is 0 Å². The molecule has 5 rings (SSSR count). The number of nitrogens with zero attached hydrogens (tertiary/aromatic N) is 7. The highest BCUT2D eigenvalue weighted by molar-refractivity contribution is 5.98. The smallest absolute Gasteiger partial charge is 0.259 e. The predicted octanol–water partition coefficient (Wildman–Crippen LogP) is 2.33. The van der Waals surface area contributed by atoms with Gasteiger partial charge in [0.05, 0.1) is 11.9 Å². The fraction of sp³-hybridized carbons (Fsp3) is 0.409. The van der Waals surface area contributed by atoms with Crippen LogP contribution in [0.1, 0.15) is 27.4 Å². The first kappa shape index (κ1) is 19.6. The van der Waals surface area contributed by atoms with Crippen LogP contribution in [0.15, 0.2) is 30.5 Å². The Labute approximate surface area is 179 Å². The van der Waals surface area contributed by atoms with E-state index >= 15 is 0 Å². The zero-order valence-corrected chi connectivity index (χ0v) is 17.8. The van der Waals surface area contributed by atoms with E-state index in [1.807, 2.05) is 19.9 Å². The number of likely N-dealkylation sites (tertiary alicyclic amines) is 1. The van der Waals surface area contributed by atoms with Crippen molar-refractivity contribution < 1.29 is 9.18 Å². The fourth-order valence-electron chi connectivity index (χ4n) is 4.68. The third-order valence-corrected chi connectivity index (χ3v) is 6.05. The minimum Gasteiger partial charge on any atom is -0.340 e. The van der Waals surface area contributed by atoms with Gasteiger partial charge < -0.3 is 9.80 Å². The van der Waals surface area contributed by atoms with Crippen LogP contribution in [0.4, 0.5) is 10.3 Å². The Kier molecular flexibility index (Phi) is 4.68. The first-order chi connectivity index (χ1) is 14.9. The summed E-state index contributed by atoms with van der Waals surface area (Å²) in [6, 6.07) is 6.51. The molecule has 1 amide bonds. The van der Waals surface area contributed by atoms with Crippen molar-refractivity contribution in [3.05, 3.63) is 58.9 Å². The van der Waals surface area contributed by atoms with Gasteiger partial charge in [0.15, 0.2) is 0 Å². The maximum absolute atomic E-state index is 14.8. The highest BCUT2D eigenvalue weighted by atomic mass is 19.1. The Balaban J connectivity index is 1.35. The molecule has 4 heterocycles. The molecule has 1 aromatic carbocycles. The van der Waals surface area contributed by atoms with Crippen LogP contribution in [-0.4, -0.2) is 61.9 Å². The van der Waals surface area contributed by atoms with Crippen LogP contribution < -0.4 is 4.90 Å². The highest BCUT2D eigenvalue weighted by Crippen LogP contribution is 2.34. The number of aromatic nitrogens is 5. The molecular formula is C22H24FN7O. The van der Waals surface area contributed by atoms with Crippen LogP contribution in [0.2, 0.25) is 0 Å². The lowest BCUT2D eigenvalue weighted by atomic mass is 10.0. The van der Waals surface area contributed by atoms with Crippen LogP contribution in [-0.2, 0) is 0 Å². The molecule has 0 radical (unpaired) electrons. The summed E-state index contributed by atoms with van der Waals surface area (Å²) in [5.41, 5.74) is 2.98. The predicted molar refractivity (Wildman–Crippen MR) is 113 cm³/mol. The van der Waals surface area contributed by atoms with Crippen LogP contribution >= 0.6 is 0 Å². The number of hydrogen-bond acceptors (Lipinski definition) is 6. The summed E-state index contributed by atoms with van der Waals surface area (Å²) in [5, 5.41) is 8.41. The topological polar surface area (TPSA) is 80.0 Å². The molecule has 8 nitrogen and oxygen atoms in total. The molecule has 2 fully saturated rings. The number of carbonyl (C=O) groups is 1.